The minimum Gasteiger partial charge on any atom is -0.372 e. The van der Waals surface area contributed by atoms with Crippen molar-refractivity contribution in [1.29, 1.82) is 0 Å². The molecule has 1 aliphatic rings. The lowest BCUT2D eigenvalue weighted by atomic mass is 10.1. The van der Waals surface area contributed by atoms with Crippen LogP contribution < -0.4 is 15.5 Å². The molecule has 1 fully saturated rings. The SMILES string of the molecule is C=CCNC(=S)Nc1ccc(N2CCCCC2)cc1. The lowest BCUT2D eigenvalue weighted by Crippen LogP contribution is -2.29. The third-order valence-electron chi connectivity index (χ3n) is 3.25. The molecule has 2 rings (SSSR count). The van der Waals surface area contributed by atoms with Gasteiger partial charge in [0, 0.05) is 31.0 Å². The molecule has 0 aromatic heterocycles. The van der Waals surface area contributed by atoms with Crippen molar-refractivity contribution in [1.82, 2.24) is 5.32 Å². The second-order valence-electron chi connectivity index (χ2n) is 4.72. The lowest BCUT2D eigenvalue weighted by Gasteiger charge is -2.28. The molecule has 0 bridgehead atoms. The first-order valence-corrected chi connectivity index (χ1v) is 7.21. The Morgan fingerprint density at radius 2 is 1.89 bits per heavy atom. The van der Waals surface area contributed by atoms with Crippen molar-refractivity contribution in [2.45, 2.75) is 19.3 Å². The maximum atomic E-state index is 5.18. The van der Waals surface area contributed by atoms with Crippen molar-refractivity contribution in [3.8, 4) is 0 Å². The van der Waals surface area contributed by atoms with Gasteiger partial charge in [0.25, 0.3) is 0 Å². The maximum Gasteiger partial charge on any atom is 0.171 e. The topological polar surface area (TPSA) is 27.3 Å². The minimum atomic E-state index is 0.630. The average Bonchev–Trinajstić information content (AvgIpc) is 2.47. The average molecular weight is 275 g/mol. The van der Waals surface area contributed by atoms with Gasteiger partial charge in [0.05, 0.1) is 0 Å². The smallest absolute Gasteiger partial charge is 0.171 e. The Labute approximate surface area is 120 Å². The third kappa shape index (κ3) is 4.24. The van der Waals surface area contributed by atoms with Gasteiger partial charge in [-0.3, -0.25) is 0 Å². The number of nitrogens with one attached hydrogen (secondary N) is 2. The van der Waals surface area contributed by atoms with Gasteiger partial charge in [-0.05, 0) is 55.7 Å². The summed E-state index contributed by atoms with van der Waals surface area (Å²) in [6.45, 7) is 6.67. The second-order valence-corrected chi connectivity index (χ2v) is 5.13. The summed E-state index contributed by atoms with van der Waals surface area (Å²) >= 11 is 5.18. The Morgan fingerprint density at radius 1 is 1.21 bits per heavy atom. The number of piperidine rings is 1. The van der Waals surface area contributed by atoms with E-state index >= 15 is 0 Å². The van der Waals surface area contributed by atoms with E-state index < -0.39 is 0 Å². The van der Waals surface area contributed by atoms with Gasteiger partial charge in [0.15, 0.2) is 5.11 Å². The Hall–Kier alpha value is -1.55. The number of thiocarbonyl (C=S) groups is 1. The van der Waals surface area contributed by atoms with Crippen molar-refractivity contribution in [3.63, 3.8) is 0 Å². The van der Waals surface area contributed by atoms with E-state index in [4.69, 9.17) is 12.2 Å². The molecule has 0 atom stereocenters. The van der Waals surface area contributed by atoms with E-state index in [-0.39, 0.29) is 0 Å². The summed E-state index contributed by atoms with van der Waals surface area (Å²) in [5.41, 5.74) is 2.32. The molecule has 1 aliphatic heterocycles. The third-order valence-corrected chi connectivity index (χ3v) is 3.50. The number of benzene rings is 1. The molecule has 102 valence electrons. The van der Waals surface area contributed by atoms with Crippen LogP contribution >= 0.6 is 12.2 Å². The first-order valence-electron chi connectivity index (χ1n) is 6.80. The number of hydrogen-bond donors (Lipinski definition) is 2. The summed E-state index contributed by atoms with van der Waals surface area (Å²) in [6.07, 6.45) is 5.75. The molecule has 1 aromatic carbocycles. The molecule has 0 unspecified atom stereocenters. The van der Waals surface area contributed by atoms with Crippen molar-refractivity contribution < 1.29 is 0 Å². The normalized spacial score (nSPS) is 14.8. The summed E-state index contributed by atoms with van der Waals surface area (Å²) in [5.74, 6) is 0. The fraction of sp³-hybridized carbons (Fsp3) is 0.400. The molecule has 1 heterocycles. The van der Waals surface area contributed by atoms with Gasteiger partial charge in [-0.1, -0.05) is 6.08 Å². The second kappa shape index (κ2) is 7.14. The molecule has 3 nitrogen and oxygen atoms in total. The Bertz CT molecular complexity index is 422. The number of rotatable bonds is 4. The zero-order chi connectivity index (χ0) is 13.5. The molecule has 19 heavy (non-hydrogen) atoms. The van der Waals surface area contributed by atoms with E-state index in [0.717, 1.165) is 5.69 Å². The van der Waals surface area contributed by atoms with Crippen LogP contribution in [0.5, 0.6) is 0 Å². The van der Waals surface area contributed by atoms with Crippen LogP contribution in [0.25, 0.3) is 0 Å². The summed E-state index contributed by atoms with van der Waals surface area (Å²) < 4.78 is 0. The van der Waals surface area contributed by atoms with E-state index in [2.05, 4.69) is 46.4 Å². The Balaban J connectivity index is 1.90. The quantitative estimate of drug-likeness (QED) is 0.652. The van der Waals surface area contributed by atoms with E-state index in [1.54, 1.807) is 6.08 Å². The summed E-state index contributed by atoms with van der Waals surface area (Å²) in [5, 5.41) is 6.84. The van der Waals surface area contributed by atoms with Gasteiger partial charge >= 0.3 is 0 Å². The molecule has 0 aliphatic carbocycles. The van der Waals surface area contributed by atoms with Crippen molar-refractivity contribution in [2.24, 2.45) is 0 Å². The highest BCUT2D eigenvalue weighted by molar-refractivity contribution is 7.80. The van der Waals surface area contributed by atoms with Gasteiger partial charge in [0.1, 0.15) is 0 Å². The summed E-state index contributed by atoms with van der Waals surface area (Å²) in [4.78, 5) is 2.45. The van der Waals surface area contributed by atoms with E-state index in [1.807, 2.05) is 0 Å². The highest BCUT2D eigenvalue weighted by Crippen LogP contribution is 2.21. The van der Waals surface area contributed by atoms with Crippen LogP contribution in [0, 0.1) is 0 Å². The Morgan fingerprint density at radius 3 is 2.53 bits per heavy atom. The molecule has 0 amide bonds. The highest BCUT2D eigenvalue weighted by Gasteiger charge is 2.10. The zero-order valence-electron chi connectivity index (χ0n) is 11.2. The van der Waals surface area contributed by atoms with Crippen LogP contribution in [0.15, 0.2) is 36.9 Å². The molecule has 4 heteroatoms. The molecule has 0 spiro atoms. The maximum absolute atomic E-state index is 5.18. The van der Waals surface area contributed by atoms with Crippen LogP contribution in [-0.2, 0) is 0 Å². The molecular formula is C15H21N3S. The van der Waals surface area contributed by atoms with Crippen LogP contribution in [0.4, 0.5) is 11.4 Å². The predicted octanol–water partition coefficient (Wildman–Crippen LogP) is 3.15. The molecular weight excluding hydrogens is 254 g/mol. The minimum absolute atomic E-state index is 0.630. The monoisotopic (exact) mass is 275 g/mol. The number of anilines is 2. The molecule has 0 saturated carbocycles. The van der Waals surface area contributed by atoms with Crippen LogP contribution in [0.3, 0.4) is 0 Å². The van der Waals surface area contributed by atoms with Crippen molar-refractivity contribution in [2.75, 3.05) is 29.9 Å². The van der Waals surface area contributed by atoms with Crippen LogP contribution in [0.1, 0.15) is 19.3 Å². The largest absolute Gasteiger partial charge is 0.372 e. The fourth-order valence-corrected chi connectivity index (χ4v) is 2.45. The molecule has 0 radical (unpaired) electrons. The first-order chi connectivity index (χ1) is 9.29. The lowest BCUT2D eigenvalue weighted by molar-refractivity contribution is 0.578. The molecule has 1 aromatic rings. The summed E-state index contributed by atoms with van der Waals surface area (Å²) in [7, 11) is 0. The van der Waals surface area contributed by atoms with Crippen LogP contribution in [-0.4, -0.2) is 24.7 Å². The van der Waals surface area contributed by atoms with Crippen molar-refractivity contribution >= 4 is 28.7 Å². The standard InChI is InChI=1S/C15H21N3S/c1-2-10-16-15(19)17-13-6-8-14(9-7-13)18-11-4-3-5-12-18/h2,6-9H,1,3-5,10-12H2,(H2,16,17,19). The molecule has 1 saturated heterocycles. The van der Waals surface area contributed by atoms with Gasteiger partial charge in [-0.2, -0.15) is 0 Å². The van der Waals surface area contributed by atoms with E-state index in [1.165, 1.54) is 38.0 Å². The van der Waals surface area contributed by atoms with E-state index in [0.29, 0.717) is 11.7 Å². The zero-order valence-corrected chi connectivity index (χ0v) is 12.0. The fourth-order valence-electron chi connectivity index (χ4n) is 2.25. The number of nitrogens with zero attached hydrogens (tertiary/aromatic N) is 1. The molecule has 2 N–H and O–H groups in total. The number of hydrogen-bond acceptors (Lipinski definition) is 2. The van der Waals surface area contributed by atoms with Crippen LogP contribution in [0.2, 0.25) is 0 Å². The highest BCUT2D eigenvalue weighted by atomic mass is 32.1. The first kappa shape index (κ1) is 13.9. The predicted molar refractivity (Wildman–Crippen MR) is 86.9 cm³/mol. The van der Waals surface area contributed by atoms with Gasteiger partial charge in [-0.25, -0.2) is 0 Å². The van der Waals surface area contributed by atoms with Crippen molar-refractivity contribution in [3.05, 3.63) is 36.9 Å². The van der Waals surface area contributed by atoms with Gasteiger partial charge in [0.2, 0.25) is 0 Å². The van der Waals surface area contributed by atoms with Gasteiger partial charge in [-0.15, -0.1) is 6.58 Å². The summed E-state index contributed by atoms with van der Waals surface area (Å²) in [6, 6.07) is 8.46. The van der Waals surface area contributed by atoms with E-state index in [9.17, 15) is 0 Å². The Kier molecular flexibility index (Phi) is 5.21. The van der Waals surface area contributed by atoms with Gasteiger partial charge < -0.3 is 15.5 Å².